The molecule has 1 aliphatic rings. The largest absolute Gasteiger partial charge is 0.504 e. The lowest BCUT2D eigenvalue weighted by Gasteiger charge is -1.94. The van der Waals surface area contributed by atoms with Crippen molar-refractivity contribution < 1.29 is 10.5 Å². The lowest BCUT2D eigenvalue weighted by molar-refractivity contribution is -0.185. The fourth-order valence-electron chi connectivity index (χ4n) is 3.19. The van der Waals surface area contributed by atoms with Crippen molar-refractivity contribution in [2.24, 2.45) is 4.99 Å². The monoisotopic (exact) mass is 287 g/mol. The Morgan fingerprint density at radius 2 is 1.77 bits per heavy atom. The molecule has 5 heteroatoms. The molecule has 0 fully saturated rings. The lowest BCUT2D eigenvalue weighted by Crippen LogP contribution is -2.52. The van der Waals surface area contributed by atoms with Crippen LogP contribution < -0.4 is 16.4 Å². The topological polar surface area (TPSA) is 75.5 Å². The van der Waals surface area contributed by atoms with Gasteiger partial charge in [-0.2, -0.15) is 4.40 Å². The van der Waals surface area contributed by atoms with Gasteiger partial charge < -0.3 is 5.11 Å². The number of rotatable bonds is 0. The van der Waals surface area contributed by atoms with Gasteiger partial charge in [0.15, 0.2) is 22.3 Å². The minimum Gasteiger partial charge on any atom is -0.504 e. The van der Waals surface area contributed by atoms with E-state index in [9.17, 15) is 5.11 Å². The average Bonchev–Trinajstić information content (AvgIpc) is 3.05. The second kappa shape index (κ2) is 3.71. The summed E-state index contributed by atoms with van der Waals surface area (Å²) in [6.07, 6.45) is 0. The highest BCUT2D eigenvalue weighted by Crippen LogP contribution is 2.34. The highest BCUT2D eigenvalue weighted by atomic mass is 16.3. The van der Waals surface area contributed by atoms with Crippen molar-refractivity contribution in [2.75, 3.05) is 0 Å². The summed E-state index contributed by atoms with van der Waals surface area (Å²) in [5.41, 5.74) is 4.29. The van der Waals surface area contributed by atoms with Gasteiger partial charge >= 0.3 is 5.62 Å². The van der Waals surface area contributed by atoms with Crippen LogP contribution >= 0.6 is 0 Å². The van der Waals surface area contributed by atoms with Gasteiger partial charge in [0.05, 0.1) is 11.1 Å². The quantitative estimate of drug-likeness (QED) is 0.435. The minimum absolute atomic E-state index is 0.192. The first-order valence-corrected chi connectivity index (χ1v) is 6.98. The summed E-state index contributed by atoms with van der Waals surface area (Å²) in [7, 11) is 0. The number of para-hydroxylation sites is 2. The molecule has 3 heterocycles. The number of hydrogen-bond donors (Lipinski definition) is 2. The summed E-state index contributed by atoms with van der Waals surface area (Å²) >= 11 is 0. The third-order valence-electron chi connectivity index (χ3n) is 4.14. The van der Waals surface area contributed by atoms with Gasteiger partial charge in [-0.1, -0.05) is 29.2 Å². The smallest absolute Gasteiger partial charge is 0.395 e. The number of hydrogen-bond acceptors (Lipinski definition) is 3. The van der Waals surface area contributed by atoms with E-state index in [1.54, 1.807) is 4.40 Å². The summed E-state index contributed by atoms with van der Waals surface area (Å²) < 4.78 is 1.76. The Morgan fingerprint density at radius 3 is 2.68 bits per heavy atom. The zero-order valence-electron chi connectivity index (χ0n) is 11.5. The molecular weight excluding hydrogens is 276 g/mol. The van der Waals surface area contributed by atoms with E-state index in [1.807, 2.05) is 48.5 Å². The Labute approximate surface area is 124 Å². The van der Waals surface area contributed by atoms with Crippen LogP contribution in [0.4, 0.5) is 5.69 Å². The summed E-state index contributed by atoms with van der Waals surface area (Å²) in [6, 6.07) is 15.4. The van der Waals surface area contributed by atoms with E-state index < -0.39 is 0 Å². The SMILES string of the molecule is [NH2+]=c1nc2c(c3c(O)c4ccccc4n13)=Nc1ccccc1-2. The number of aromatic nitrogens is 2. The molecule has 0 saturated heterocycles. The summed E-state index contributed by atoms with van der Waals surface area (Å²) in [6.45, 7) is 0. The molecular formula is C17H11N4O+. The molecule has 0 aliphatic carbocycles. The van der Waals surface area contributed by atoms with Gasteiger partial charge in [-0.15, -0.1) is 0 Å². The summed E-state index contributed by atoms with van der Waals surface area (Å²) in [5, 5.41) is 18.2. The van der Waals surface area contributed by atoms with Crippen molar-refractivity contribution in [1.29, 1.82) is 0 Å². The third-order valence-corrected chi connectivity index (χ3v) is 4.14. The molecule has 0 unspecified atom stereocenters. The van der Waals surface area contributed by atoms with E-state index in [2.05, 4.69) is 9.98 Å². The van der Waals surface area contributed by atoms with Crippen molar-refractivity contribution in [3.63, 3.8) is 0 Å². The maximum atomic E-state index is 10.7. The van der Waals surface area contributed by atoms with E-state index in [0.29, 0.717) is 16.5 Å². The van der Waals surface area contributed by atoms with Crippen molar-refractivity contribution in [3.8, 4) is 17.0 Å². The van der Waals surface area contributed by atoms with E-state index in [4.69, 9.17) is 5.41 Å². The molecule has 5 rings (SSSR count). The van der Waals surface area contributed by atoms with Crippen LogP contribution in [0.15, 0.2) is 53.5 Å². The molecule has 1 aliphatic heterocycles. The van der Waals surface area contributed by atoms with Gasteiger partial charge in [0.2, 0.25) is 0 Å². The van der Waals surface area contributed by atoms with Crippen molar-refractivity contribution >= 4 is 22.1 Å². The number of aromatic hydroxyl groups is 1. The van der Waals surface area contributed by atoms with Gasteiger partial charge in [0, 0.05) is 5.56 Å². The maximum absolute atomic E-state index is 10.7. The molecule has 2 aromatic heterocycles. The normalized spacial score (nSPS) is 12.4. The third kappa shape index (κ3) is 1.21. The molecule has 0 saturated carbocycles. The van der Waals surface area contributed by atoms with Crippen molar-refractivity contribution in [1.82, 2.24) is 9.38 Å². The zero-order chi connectivity index (χ0) is 14.8. The molecule has 22 heavy (non-hydrogen) atoms. The summed E-state index contributed by atoms with van der Waals surface area (Å²) in [5.74, 6) is 0.192. The highest BCUT2D eigenvalue weighted by Gasteiger charge is 2.27. The number of fused-ring (bicyclic) bond motifs is 7. The van der Waals surface area contributed by atoms with Gasteiger partial charge in [0.1, 0.15) is 5.52 Å². The Bertz CT molecular complexity index is 1210. The number of nitrogens with two attached hydrogens (primary N) is 1. The Kier molecular flexibility index (Phi) is 1.93. The van der Waals surface area contributed by atoms with E-state index >= 15 is 0 Å². The second-order valence-corrected chi connectivity index (χ2v) is 5.35. The molecule has 104 valence electrons. The minimum atomic E-state index is 0.192. The van der Waals surface area contributed by atoms with Gasteiger partial charge in [-0.3, -0.25) is 5.41 Å². The van der Waals surface area contributed by atoms with Gasteiger partial charge in [-0.25, -0.2) is 4.99 Å². The van der Waals surface area contributed by atoms with E-state index in [-0.39, 0.29) is 5.75 Å². The molecule has 3 N–H and O–H groups in total. The zero-order valence-corrected chi connectivity index (χ0v) is 11.5. The van der Waals surface area contributed by atoms with Crippen LogP contribution in [0.25, 0.3) is 27.7 Å². The Balaban J connectivity index is 2.12. The first-order chi connectivity index (χ1) is 10.8. The van der Waals surface area contributed by atoms with Gasteiger partial charge in [0.25, 0.3) is 0 Å². The molecule has 5 nitrogen and oxygen atoms in total. The first kappa shape index (κ1) is 11.4. The molecule has 0 bridgehead atoms. The highest BCUT2D eigenvalue weighted by molar-refractivity contribution is 5.96. The Hall–Kier alpha value is -3.21. The van der Waals surface area contributed by atoms with Crippen LogP contribution in [0.1, 0.15) is 0 Å². The van der Waals surface area contributed by atoms with Crippen LogP contribution in [-0.4, -0.2) is 14.5 Å². The summed E-state index contributed by atoms with van der Waals surface area (Å²) in [4.78, 5) is 9.16. The molecule has 0 spiro atoms. The van der Waals surface area contributed by atoms with E-state index in [0.717, 1.165) is 27.8 Å². The van der Waals surface area contributed by atoms with Crippen LogP contribution in [0.5, 0.6) is 5.75 Å². The number of nitrogens with zero attached hydrogens (tertiary/aromatic N) is 3. The molecule has 0 atom stereocenters. The average molecular weight is 287 g/mol. The molecule has 2 aromatic carbocycles. The van der Waals surface area contributed by atoms with Gasteiger partial charge in [-0.05, 0) is 24.3 Å². The predicted molar refractivity (Wildman–Crippen MR) is 81.3 cm³/mol. The van der Waals surface area contributed by atoms with Crippen LogP contribution in [0.3, 0.4) is 0 Å². The van der Waals surface area contributed by atoms with Crippen molar-refractivity contribution in [3.05, 3.63) is 59.5 Å². The van der Waals surface area contributed by atoms with Crippen LogP contribution in [-0.2, 0) is 0 Å². The van der Waals surface area contributed by atoms with Crippen LogP contribution in [0.2, 0.25) is 0 Å². The first-order valence-electron chi connectivity index (χ1n) is 6.98. The van der Waals surface area contributed by atoms with Crippen molar-refractivity contribution in [2.45, 2.75) is 0 Å². The lowest BCUT2D eigenvalue weighted by atomic mass is 10.1. The second-order valence-electron chi connectivity index (χ2n) is 5.35. The predicted octanol–water partition coefficient (Wildman–Crippen LogP) is 0.504. The molecule has 0 amide bonds. The maximum Gasteiger partial charge on any atom is 0.395 e. The number of benzene rings is 2. The molecule has 4 aromatic rings. The fraction of sp³-hybridized carbons (Fsp3) is 0. The Morgan fingerprint density at radius 1 is 1.00 bits per heavy atom. The fourth-order valence-corrected chi connectivity index (χ4v) is 3.19. The standard InChI is InChI=1S/C17H10N4O/c18-17-20-13-9-5-1-3-7-11(9)19-14(13)15-16(22)10-6-2-4-8-12(10)21(15)17/h1-8,18,22H/p+1. The van der Waals surface area contributed by atoms with E-state index in [1.165, 1.54) is 0 Å². The molecule has 0 radical (unpaired) electrons. The van der Waals surface area contributed by atoms with Crippen LogP contribution in [0, 0.1) is 0 Å².